The number of alkyl halides is 3. The zero-order valence-electron chi connectivity index (χ0n) is 16.7. The molecule has 0 saturated carbocycles. The van der Waals surface area contributed by atoms with E-state index in [-0.39, 0.29) is 5.57 Å². The first kappa shape index (κ1) is 21.1. The van der Waals surface area contributed by atoms with Crippen molar-refractivity contribution in [2.45, 2.75) is 31.0 Å². The number of rotatable bonds is 3. The Balaban J connectivity index is 1.76. The Morgan fingerprint density at radius 3 is 2.26 bits per heavy atom. The van der Waals surface area contributed by atoms with Crippen LogP contribution in [0.15, 0.2) is 54.1 Å². The molecule has 2 saturated heterocycles. The fourth-order valence-corrected chi connectivity index (χ4v) is 3.94. The molecule has 1 unspecified atom stereocenters. The minimum Gasteiger partial charge on any atom is -0.497 e. The number of ether oxygens (including phenoxy) is 2. The van der Waals surface area contributed by atoms with Crippen molar-refractivity contribution in [3.8, 4) is 5.75 Å². The van der Waals surface area contributed by atoms with E-state index < -0.39 is 29.2 Å². The number of benzene rings is 2. The van der Waals surface area contributed by atoms with Crippen molar-refractivity contribution in [3.63, 3.8) is 0 Å². The molecule has 8 heteroatoms. The monoisotopic (exact) mass is 431 g/mol. The molecule has 0 aliphatic carbocycles. The predicted octanol–water partition coefficient (Wildman–Crippen LogP) is 4.61. The van der Waals surface area contributed by atoms with Crippen molar-refractivity contribution in [2.24, 2.45) is 0 Å². The van der Waals surface area contributed by atoms with Crippen molar-refractivity contribution in [1.82, 2.24) is 0 Å². The Morgan fingerprint density at radius 1 is 1.03 bits per heavy atom. The molecule has 0 aromatic heterocycles. The molecule has 2 aliphatic heterocycles. The Hall–Kier alpha value is -3.13. The molecule has 162 valence electrons. The van der Waals surface area contributed by atoms with Gasteiger partial charge in [-0.1, -0.05) is 12.1 Å². The molecule has 2 fully saturated rings. The number of methoxy groups -OCH3 is 1. The molecule has 2 heterocycles. The maximum atomic E-state index is 13.4. The lowest BCUT2D eigenvalue weighted by Gasteiger charge is -2.32. The number of amides is 2. The van der Waals surface area contributed by atoms with E-state index in [1.54, 1.807) is 24.3 Å². The molecule has 0 bridgehead atoms. The van der Waals surface area contributed by atoms with E-state index in [4.69, 9.17) is 9.47 Å². The van der Waals surface area contributed by atoms with E-state index in [9.17, 15) is 22.8 Å². The van der Waals surface area contributed by atoms with Gasteiger partial charge < -0.3 is 9.47 Å². The smallest absolute Gasteiger partial charge is 0.416 e. The summed E-state index contributed by atoms with van der Waals surface area (Å²) in [5.74, 6) is -0.454. The molecule has 0 N–H and O–H groups in total. The van der Waals surface area contributed by atoms with Crippen LogP contribution in [0.25, 0.3) is 6.08 Å². The Morgan fingerprint density at radius 2 is 1.71 bits per heavy atom. The summed E-state index contributed by atoms with van der Waals surface area (Å²) in [5, 5.41) is 0. The number of carbonyl (C=O) groups excluding carboxylic acids is 2. The second-order valence-electron chi connectivity index (χ2n) is 7.45. The molecule has 1 atom stereocenters. The molecule has 1 spiro atoms. The van der Waals surface area contributed by atoms with Gasteiger partial charge >= 0.3 is 6.18 Å². The van der Waals surface area contributed by atoms with Gasteiger partial charge in [-0.15, -0.1) is 0 Å². The maximum absolute atomic E-state index is 13.4. The summed E-state index contributed by atoms with van der Waals surface area (Å²) in [7, 11) is 1.51. The van der Waals surface area contributed by atoms with E-state index in [0.717, 1.165) is 23.5 Å². The third-order valence-corrected chi connectivity index (χ3v) is 5.57. The third kappa shape index (κ3) is 3.72. The first-order valence-corrected chi connectivity index (χ1v) is 9.82. The standard InChI is InChI=1S/C23H20F3NO4/c1-30-18-10-8-17(9-11-18)27-20(28)19(22(21(27)29)12-2-3-13-31-22)14-15-4-6-16(7-5-15)23(24,25)26/h4-11,14H,2-3,12-13H2,1H3. The zero-order valence-corrected chi connectivity index (χ0v) is 16.7. The molecular weight excluding hydrogens is 411 g/mol. The first-order chi connectivity index (χ1) is 14.8. The number of hydrogen-bond donors (Lipinski definition) is 0. The summed E-state index contributed by atoms with van der Waals surface area (Å²) < 4.78 is 49.6. The molecular formula is C23H20F3NO4. The van der Waals surface area contributed by atoms with Gasteiger partial charge in [0.25, 0.3) is 11.8 Å². The molecule has 2 aliphatic rings. The maximum Gasteiger partial charge on any atom is 0.416 e. The van der Waals surface area contributed by atoms with Crippen LogP contribution in [0.5, 0.6) is 5.75 Å². The molecule has 2 aromatic carbocycles. The molecule has 31 heavy (non-hydrogen) atoms. The second kappa shape index (κ2) is 7.85. The normalized spacial score (nSPS) is 23.1. The van der Waals surface area contributed by atoms with E-state index in [0.29, 0.717) is 36.4 Å². The van der Waals surface area contributed by atoms with Crippen molar-refractivity contribution in [1.29, 1.82) is 0 Å². The Bertz CT molecular complexity index is 1020. The predicted molar refractivity (Wildman–Crippen MR) is 107 cm³/mol. The molecule has 0 radical (unpaired) electrons. The second-order valence-corrected chi connectivity index (χ2v) is 7.45. The number of nitrogens with zero attached hydrogens (tertiary/aromatic N) is 1. The molecule has 5 nitrogen and oxygen atoms in total. The highest BCUT2D eigenvalue weighted by atomic mass is 19.4. The lowest BCUT2D eigenvalue weighted by Crippen LogP contribution is -2.45. The van der Waals surface area contributed by atoms with Gasteiger partial charge in [0.15, 0.2) is 5.60 Å². The van der Waals surface area contributed by atoms with Gasteiger partial charge in [-0.3, -0.25) is 9.59 Å². The number of halogens is 3. The molecule has 2 aromatic rings. The van der Waals surface area contributed by atoms with Crippen LogP contribution in [0.3, 0.4) is 0 Å². The molecule has 4 rings (SSSR count). The van der Waals surface area contributed by atoms with Crippen LogP contribution in [0.4, 0.5) is 18.9 Å². The number of hydrogen-bond acceptors (Lipinski definition) is 4. The van der Waals surface area contributed by atoms with E-state index in [1.165, 1.54) is 25.3 Å². The number of anilines is 1. The van der Waals surface area contributed by atoms with Crippen LogP contribution in [-0.2, 0) is 20.5 Å². The first-order valence-electron chi connectivity index (χ1n) is 9.82. The number of carbonyl (C=O) groups is 2. The highest BCUT2D eigenvalue weighted by Gasteiger charge is 2.57. The van der Waals surface area contributed by atoms with Gasteiger partial charge in [0.1, 0.15) is 5.75 Å². The lowest BCUT2D eigenvalue weighted by atomic mass is 9.86. The van der Waals surface area contributed by atoms with Crippen molar-refractivity contribution in [3.05, 3.63) is 65.2 Å². The van der Waals surface area contributed by atoms with E-state index in [1.807, 2.05) is 0 Å². The topological polar surface area (TPSA) is 55.8 Å². The van der Waals surface area contributed by atoms with Gasteiger partial charge in [0.2, 0.25) is 0 Å². The van der Waals surface area contributed by atoms with Gasteiger partial charge in [-0.25, -0.2) is 4.90 Å². The van der Waals surface area contributed by atoms with Crippen LogP contribution in [-0.4, -0.2) is 31.1 Å². The van der Waals surface area contributed by atoms with Gasteiger partial charge in [-0.05, 0) is 67.3 Å². The average molecular weight is 431 g/mol. The summed E-state index contributed by atoms with van der Waals surface area (Å²) in [6.07, 6.45) is -1.21. The van der Waals surface area contributed by atoms with E-state index >= 15 is 0 Å². The SMILES string of the molecule is COc1ccc(N2C(=O)C(=Cc3ccc(C(F)(F)F)cc3)C3(CCCCO3)C2=O)cc1. The zero-order chi connectivity index (χ0) is 22.2. The third-order valence-electron chi connectivity index (χ3n) is 5.57. The Labute approximate surface area is 177 Å². The van der Waals surface area contributed by atoms with Crippen molar-refractivity contribution >= 4 is 23.6 Å². The fraction of sp³-hybridized carbons (Fsp3) is 0.304. The summed E-state index contributed by atoms with van der Waals surface area (Å²) >= 11 is 0. The fourth-order valence-electron chi connectivity index (χ4n) is 3.94. The minimum atomic E-state index is -4.45. The van der Waals surface area contributed by atoms with Crippen molar-refractivity contribution < 1.29 is 32.2 Å². The van der Waals surface area contributed by atoms with E-state index in [2.05, 4.69) is 0 Å². The largest absolute Gasteiger partial charge is 0.497 e. The Kier molecular flexibility index (Phi) is 5.35. The van der Waals surface area contributed by atoms with Crippen LogP contribution >= 0.6 is 0 Å². The highest BCUT2D eigenvalue weighted by Crippen LogP contribution is 2.43. The summed E-state index contributed by atoms with van der Waals surface area (Å²) in [6, 6.07) is 10.9. The quantitative estimate of drug-likeness (QED) is 0.526. The average Bonchev–Trinajstić information content (AvgIpc) is 2.95. The van der Waals surface area contributed by atoms with Crippen LogP contribution in [0.1, 0.15) is 30.4 Å². The van der Waals surface area contributed by atoms with Gasteiger partial charge in [-0.2, -0.15) is 13.2 Å². The van der Waals surface area contributed by atoms with Crippen LogP contribution in [0.2, 0.25) is 0 Å². The van der Waals surface area contributed by atoms with Gasteiger partial charge in [0.05, 0.1) is 23.9 Å². The van der Waals surface area contributed by atoms with Crippen molar-refractivity contribution in [2.75, 3.05) is 18.6 Å². The van der Waals surface area contributed by atoms with Crippen LogP contribution < -0.4 is 9.64 Å². The van der Waals surface area contributed by atoms with Crippen LogP contribution in [0, 0.1) is 0 Å². The summed E-state index contributed by atoms with van der Waals surface area (Å²) in [4.78, 5) is 27.8. The highest BCUT2D eigenvalue weighted by molar-refractivity contribution is 6.33. The minimum absolute atomic E-state index is 0.132. The molecule has 2 amide bonds. The number of imide groups is 1. The van der Waals surface area contributed by atoms with Gasteiger partial charge in [0, 0.05) is 6.61 Å². The summed E-state index contributed by atoms with van der Waals surface area (Å²) in [6.45, 7) is 0.319. The lowest BCUT2D eigenvalue weighted by molar-refractivity contribution is -0.140. The summed E-state index contributed by atoms with van der Waals surface area (Å²) in [5.41, 5.74) is -1.33.